The van der Waals surface area contributed by atoms with E-state index >= 15 is 0 Å². The summed E-state index contributed by atoms with van der Waals surface area (Å²) in [6.45, 7) is 2.46. The Hall–Kier alpha value is -1.69. The highest BCUT2D eigenvalue weighted by Crippen LogP contribution is 2.16. The zero-order chi connectivity index (χ0) is 11.5. The molecule has 0 spiro atoms. The summed E-state index contributed by atoms with van der Waals surface area (Å²) in [5, 5.41) is 12.5. The van der Waals surface area contributed by atoms with Gasteiger partial charge in [-0.2, -0.15) is 0 Å². The van der Waals surface area contributed by atoms with E-state index in [1.165, 1.54) is 6.92 Å². The van der Waals surface area contributed by atoms with Gasteiger partial charge in [0.05, 0.1) is 18.3 Å². The van der Waals surface area contributed by atoms with Gasteiger partial charge in [0.1, 0.15) is 5.82 Å². The van der Waals surface area contributed by atoms with Crippen molar-refractivity contribution >= 4 is 11.7 Å². The van der Waals surface area contributed by atoms with Gasteiger partial charge in [0.15, 0.2) is 0 Å². The van der Waals surface area contributed by atoms with Crippen molar-refractivity contribution in [1.82, 2.24) is 15.3 Å². The molecule has 2 heterocycles. The summed E-state index contributed by atoms with van der Waals surface area (Å²) in [5.41, 5.74) is 0. The van der Waals surface area contributed by atoms with E-state index in [0.717, 1.165) is 5.82 Å². The Kier molecular flexibility index (Phi) is 3.00. The van der Waals surface area contributed by atoms with E-state index < -0.39 is 6.10 Å². The van der Waals surface area contributed by atoms with E-state index in [1.54, 1.807) is 18.6 Å². The van der Waals surface area contributed by atoms with Gasteiger partial charge in [0.25, 0.3) is 0 Å². The second-order valence-corrected chi connectivity index (χ2v) is 3.84. The molecule has 0 aromatic carbocycles. The first-order valence-corrected chi connectivity index (χ1v) is 5.13. The number of rotatable bonds is 2. The highest BCUT2D eigenvalue weighted by Gasteiger charge is 2.32. The Labute approximate surface area is 93.3 Å². The molecule has 6 heteroatoms. The maximum Gasteiger partial charge on any atom is 0.217 e. The van der Waals surface area contributed by atoms with Gasteiger partial charge in [0.2, 0.25) is 5.91 Å². The third-order valence-electron chi connectivity index (χ3n) is 2.55. The van der Waals surface area contributed by atoms with Crippen molar-refractivity contribution in [3.8, 4) is 0 Å². The second-order valence-electron chi connectivity index (χ2n) is 3.84. The lowest BCUT2D eigenvalue weighted by Crippen LogP contribution is -2.41. The molecule has 2 atom stereocenters. The Morgan fingerprint density at radius 1 is 1.56 bits per heavy atom. The first kappa shape index (κ1) is 10.8. The second kappa shape index (κ2) is 4.44. The van der Waals surface area contributed by atoms with Crippen molar-refractivity contribution in [2.24, 2.45) is 0 Å². The van der Waals surface area contributed by atoms with Gasteiger partial charge >= 0.3 is 0 Å². The third kappa shape index (κ3) is 2.27. The molecule has 16 heavy (non-hydrogen) atoms. The molecular formula is C10H14N4O2. The van der Waals surface area contributed by atoms with Crippen LogP contribution in [0.5, 0.6) is 0 Å². The molecule has 1 aromatic rings. The molecule has 1 fully saturated rings. The van der Waals surface area contributed by atoms with Crippen LogP contribution in [0.15, 0.2) is 18.6 Å². The number of amides is 1. The maximum absolute atomic E-state index is 10.9. The molecule has 1 amide bonds. The van der Waals surface area contributed by atoms with Gasteiger partial charge < -0.3 is 15.3 Å². The number of nitrogens with one attached hydrogen (secondary N) is 1. The maximum atomic E-state index is 10.9. The average Bonchev–Trinajstić information content (AvgIpc) is 2.61. The van der Waals surface area contributed by atoms with E-state index in [0.29, 0.717) is 13.1 Å². The normalized spacial score (nSPS) is 24.5. The molecule has 0 saturated carbocycles. The van der Waals surface area contributed by atoms with Crippen molar-refractivity contribution in [3.05, 3.63) is 18.6 Å². The van der Waals surface area contributed by atoms with E-state index in [2.05, 4.69) is 15.3 Å². The lowest BCUT2D eigenvalue weighted by molar-refractivity contribution is -0.120. The van der Waals surface area contributed by atoms with E-state index in [1.807, 2.05) is 4.90 Å². The Morgan fingerprint density at radius 2 is 2.38 bits per heavy atom. The van der Waals surface area contributed by atoms with E-state index in [4.69, 9.17) is 0 Å². The van der Waals surface area contributed by atoms with Gasteiger partial charge in [-0.25, -0.2) is 4.98 Å². The number of anilines is 1. The van der Waals surface area contributed by atoms with Crippen molar-refractivity contribution in [3.63, 3.8) is 0 Å². The van der Waals surface area contributed by atoms with Crippen molar-refractivity contribution < 1.29 is 9.90 Å². The SMILES string of the molecule is CC(=O)N[C@@H]1CN(c2cnccn2)C[C@H]1O. The largest absolute Gasteiger partial charge is 0.389 e. The van der Waals surface area contributed by atoms with Gasteiger partial charge in [-0.05, 0) is 0 Å². The first-order valence-electron chi connectivity index (χ1n) is 5.13. The van der Waals surface area contributed by atoms with Crippen molar-refractivity contribution in [2.75, 3.05) is 18.0 Å². The zero-order valence-electron chi connectivity index (χ0n) is 9.00. The fourth-order valence-electron chi connectivity index (χ4n) is 1.83. The van der Waals surface area contributed by atoms with E-state index in [9.17, 15) is 9.90 Å². The summed E-state index contributed by atoms with van der Waals surface area (Å²) in [6, 6.07) is -0.237. The van der Waals surface area contributed by atoms with E-state index in [-0.39, 0.29) is 11.9 Å². The molecule has 0 unspecified atom stereocenters. The number of aliphatic hydroxyl groups is 1. The number of carbonyl (C=O) groups excluding carboxylic acids is 1. The van der Waals surface area contributed by atoms with Crippen molar-refractivity contribution in [1.29, 1.82) is 0 Å². The highest BCUT2D eigenvalue weighted by molar-refractivity contribution is 5.73. The zero-order valence-corrected chi connectivity index (χ0v) is 9.00. The van der Waals surface area contributed by atoms with Gasteiger partial charge in [-0.15, -0.1) is 0 Å². The summed E-state index contributed by atoms with van der Waals surface area (Å²) >= 11 is 0. The van der Waals surface area contributed by atoms with Crippen LogP contribution in [0.4, 0.5) is 5.82 Å². The molecule has 6 nitrogen and oxygen atoms in total. The van der Waals surface area contributed by atoms with Crippen LogP contribution in [-0.2, 0) is 4.79 Å². The first-order chi connectivity index (χ1) is 7.66. The van der Waals surface area contributed by atoms with Crippen LogP contribution < -0.4 is 10.2 Å². The Morgan fingerprint density at radius 3 is 3.00 bits per heavy atom. The van der Waals surface area contributed by atoms with Crippen molar-refractivity contribution in [2.45, 2.75) is 19.1 Å². The Bertz CT molecular complexity index is 370. The third-order valence-corrected chi connectivity index (χ3v) is 2.55. The lowest BCUT2D eigenvalue weighted by Gasteiger charge is -2.16. The fraction of sp³-hybridized carbons (Fsp3) is 0.500. The van der Waals surface area contributed by atoms with Crippen LogP contribution >= 0.6 is 0 Å². The number of nitrogens with zero attached hydrogens (tertiary/aromatic N) is 3. The number of β-amino-alcohol motifs (C(OH)–C–C–N with tert-alkyl or cyclic N) is 1. The highest BCUT2D eigenvalue weighted by atomic mass is 16.3. The van der Waals surface area contributed by atoms with Crippen LogP contribution in [0.3, 0.4) is 0 Å². The summed E-state index contributed by atoms with van der Waals surface area (Å²) < 4.78 is 0. The fourth-order valence-corrected chi connectivity index (χ4v) is 1.83. The quantitative estimate of drug-likeness (QED) is 0.682. The summed E-state index contributed by atoms with van der Waals surface area (Å²) in [4.78, 5) is 20.9. The van der Waals surface area contributed by atoms with Gasteiger partial charge in [0, 0.05) is 32.4 Å². The van der Waals surface area contributed by atoms with Crippen LogP contribution in [0.25, 0.3) is 0 Å². The van der Waals surface area contributed by atoms with Crippen LogP contribution in [-0.4, -0.2) is 46.2 Å². The molecule has 1 saturated heterocycles. The number of hydrogen-bond acceptors (Lipinski definition) is 5. The molecule has 1 aliphatic heterocycles. The molecular weight excluding hydrogens is 208 g/mol. The number of carbonyl (C=O) groups is 1. The standard InChI is InChI=1S/C10H14N4O2/c1-7(15)13-8-5-14(6-9(8)16)10-4-11-2-3-12-10/h2-4,8-9,16H,5-6H2,1H3,(H,13,15)/t8-,9-/m1/s1. The molecule has 0 radical (unpaired) electrons. The minimum atomic E-state index is -0.564. The lowest BCUT2D eigenvalue weighted by atomic mass is 10.2. The molecule has 0 aliphatic carbocycles. The Balaban J connectivity index is 2.04. The van der Waals surface area contributed by atoms with Crippen LogP contribution in [0.2, 0.25) is 0 Å². The molecule has 2 N–H and O–H groups in total. The number of hydrogen-bond donors (Lipinski definition) is 2. The molecule has 0 bridgehead atoms. The summed E-state index contributed by atoms with van der Waals surface area (Å²) in [5.74, 6) is 0.583. The molecule has 2 rings (SSSR count). The van der Waals surface area contributed by atoms with Crippen LogP contribution in [0.1, 0.15) is 6.92 Å². The predicted molar refractivity (Wildman–Crippen MR) is 57.9 cm³/mol. The summed E-state index contributed by atoms with van der Waals surface area (Å²) in [7, 11) is 0. The smallest absolute Gasteiger partial charge is 0.217 e. The van der Waals surface area contributed by atoms with Crippen LogP contribution in [0, 0.1) is 0 Å². The topological polar surface area (TPSA) is 78.4 Å². The number of aromatic nitrogens is 2. The number of aliphatic hydroxyl groups excluding tert-OH is 1. The minimum Gasteiger partial charge on any atom is -0.389 e. The average molecular weight is 222 g/mol. The predicted octanol–water partition coefficient (Wildman–Crippen LogP) is -0.838. The molecule has 1 aromatic heterocycles. The monoisotopic (exact) mass is 222 g/mol. The van der Waals surface area contributed by atoms with Gasteiger partial charge in [-0.1, -0.05) is 0 Å². The molecule has 1 aliphatic rings. The molecule has 86 valence electrons. The minimum absolute atomic E-state index is 0.134. The van der Waals surface area contributed by atoms with Gasteiger partial charge in [-0.3, -0.25) is 9.78 Å². The summed E-state index contributed by atoms with van der Waals surface area (Å²) in [6.07, 6.45) is 4.28.